The number of amides is 1. The molecule has 1 unspecified atom stereocenters. The molecule has 1 aliphatic rings. The van der Waals surface area contributed by atoms with E-state index in [0.29, 0.717) is 36.4 Å². The van der Waals surface area contributed by atoms with E-state index in [2.05, 4.69) is 20.4 Å². The summed E-state index contributed by atoms with van der Waals surface area (Å²) in [4.78, 5) is 14.1. The van der Waals surface area contributed by atoms with Crippen LogP contribution in [0.3, 0.4) is 0 Å². The van der Waals surface area contributed by atoms with Gasteiger partial charge in [0.25, 0.3) is 0 Å². The molecule has 1 aromatic heterocycles. The third-order valence-electron chi connectivity index (χ3n) is 4.45. The molecule has 152 valence electrons. The topological polar surface area (TPSA) is 80.5 Å². The van der Waals surface area contributed by atoms with Crippen LogP contribution >= 0.6 is 0 Å². The summed E-state index contributed by atoms with van der Waals surface area (Å²) in [5.74, 6) is 0.957. The lowest BCUT2D eigenvalue weighted by atomic mass is 9.98. The summed E-state index contributed by atoms with van der Waals surface area (Å²) in [5, 5.41) is 11.0. The maximum atomic E-state index is 13.0. The summed E-state index contributed by atoms with van der Waals surface area (Å²) >= 11 is 0. The van der Waals surface area contributed by atoms with Crippen molar-refractivity contribution in [2.75, 3.05) is 19.6 Å². The fourth-order valence-corrected chi connectivity index (χ4v) is 3.22. The first-order valence-electron chi connectivity index (χ1n) is 9.56. The lowest BCUT2D eigenvalue weighted by Gasteiger charge is -2.32. The number of nitrogens with one attached hydrogen (secondary N) is 1. The van der Waals surface area contributed by atoms with Crippen LogP contribution in [-0.4, -0.2) is 46.4 Å². The Labute approximate surface area is 164 Å². The fourth-order valence-electron chi connectivity index (χ4n) is 3.22. The summed E-state index contributed by atoms with van der Waals surface area (Å²) in [7, 11) is 0. The number of carbonyl (C=O) groups is 1. The average Bonchev–Trinajstić information content (AvgIpc) is 3.08. The summed E-state index contributed by atoms with van der Waals surface area (Å²) in [6.07, 6.45) is 1.71. The normalized spacial score (nSPS) is 18.1. The minimum Gasteiger partial charge on any atom is -0.444 e. The summed E-state index contributed by atoms with van der Waals surface area (Å²) < 4.78 is 24.0. The number of likely N-dealkylation sites (tertiary alicyclic amines) is 1. The standard InChI is InChI=1S/C20H27FN4O3/c1-20(2,3)28-19(26)22-11-14-5-4-10-25(12-14)13-17-23-24-18(27-17)15-6-8-16(21)9-7-15/h6-9,14H,4-5,10-13H2,1-3H3,(H,22,26). The van der Waals surface area contributed by atoms with Gasteiger partial charge in [-0.1, -0.05) is 0 Å². The SMILES string of the molecule is CC(C)(C)OC(=O)NCC1CCCN(Cc2nnc(-c3ccc(F)cc3)o2)C1. The number of benzene rings is 1. The second-order valence-electron chi connectivity index (χ2n) is 8.13. The van der Waals surface area contributed by atoms with Crippen LogP contribution in [0.4, 0.5) is 9.18 Å². The molecule has 1 N–H and O–H groups in total. The Morgan fingerprint density at radius 3 is 2.79 bits per heavy atom. The van der Waals surface area contributed by atoms with Gasteiger partial charge in [-0.25, -0.2) is 9.18 Å². The van der Waals surface area contributed by atoms with E-state index >= 15 is 0 Å². The molecule has 1 aliphatic heterocycles. The number of piperidine rings is 1. The van der Waals surface area contributed by atoms with Crippen molar-refractivity contribution in [3.05, 3.63) is 36.0 Å². The number of aromatic nitrogens is 2. The third kappa shape index (κ3) is 6.02. The Kier molecular flexibility index (Phi) is 6.28. The Balaban J connectivity index is 1.50. The average molecular weight is 390 g/mol. The Hall–Kier alpha value is -2.48. The van der Waals surface area contributed by atoms with E-state index < -0.39 is 5.60 Å². The molecule has 2 aromatic rings. The Morgan fingerprint density at radius 2 is 2.07 bits per heavy atom. The highest BCUT2D eigenvalue weighted by atomic mass is 19.1. The highest BCUT2D eigenvalue weighted by molar-refractivity contribution is 5.67. The van der Waals surface area contributed by atoms with Crippen LogP contribution in [0.25, 0.3) is 11.5 Å². The van der Waals surface area contributed by atoms with Crippen molar-refractivity contribution in [2.45, 2.75) is 45.8 Å². The minimum atomic E-state index is -0.497. The number of rotatable bonds is 5. The van der Waals surface area contributed by atoms with Gasteiger partial charge < -0.3 is 14.5 Å². The molecule has 0 radical (unpaired) electrons. The second-order valence-corrected chi connectivity index (χ2v) is 8.13. The van der Waals surface area contributed by atoms with Crippen LogP contribution in [0.2, 0.25) is 0 Å². The molecule has 3 rings (SSSR count). The predicted octanol–water partition coefficient (Wildman–Crippen LogP) is 3.61. The van der Waals surface area contributed by atoms with Crippen LogP contribution in [0, 0.1) is 11.7 Å². The molecule has 2 heterocycles. The zero-order chi connectivity index (χ0) is 20.1. The first-order valence-corrected chi connectivity index (χ1v) is 9.56. The van der Waals surface area contributed by atoms with Crippen molar-refractivity contribution < 1.29 is 18.3 Å². The number of hydrogen-bond donors (Lipinski definition) is 1. The largest absolute Gasteiger partial charge is 0.444 e. The molecule has 1 fully saturated rings. The van der Waals surface area contributed by atoms with E-state index in [4.69, 9.17) is 9.15 Å². The smallest absolute Gasteiger partial charge is 0.407 e. The molecule has 7 nitrogen and oxygen atoms in total. The van der Waals surface area contributed by atoms with Crippen molar-refractivity contribution in [3.8, 4) is 11.5 Å². The van der Waals surface area contributed by atoms with Crippen LogP contribution in [0.5, 0.6) is 0 Å². The van der Waals surface area contributed by atoms with Crippen LogP contribution in [0.1, 0.15) is 39.5 Å². The van der Waals surface area contributed by atoms with Gasteiger partial charge in [0.15, 0.2) is 0 Å². The van der Waals surface area contributed by atoms with Crippen molar-refractivity contribution in [1.82, 2.24) is 20.4 Å². The Bertz CT molecular complexity index is 785. The van der Waals surface area contributed by atoms with E-state index in [-0.39, 0.29) is 11.9 Å². The zero-order valence-corrected chi connectivity index (χ0v) is 16.6. The molecule has 8 heteroatoms. The van der Waals surface area contributed by atoms with Gasteiger partial charge in [0.05, 0.1) is 6.54 Å². The number of alkyl carbamates (subject to hydrolysis) is 1. The third-order valence-corrected chi connectivity index (χ3v) is 4.45. The van der Waals surface area contributed by atoms with E-state index in [1.807, 2.05) is 20.8 Å². The van der Waals surface area contributed by atoms with Gasteiger partial charge in [0.1, 0.15) is 11.4 Å². The van der Waals surface area contributed by atoms with Crippen molar-refractivity contribution in [3.63, 3.8) is 0 Å². The highest BCUT2D eigenvalue weighted by Gasteiger charge is 2.23. The molecule has 0 spiro atoms. The molecule has 28 heavy (non-hydrogen) atoms. The highest BCUT2D eigenvalue weighted by Crippen LogP contribution is 2.21. The second kappa shape index (κ2) is 8.68. The van der Waals surface area contributed by atoms with Crippen molar-refractivity contribution in [1.29, 1.82) is 0 Å². The van der Waals surface area contributed by atoms with Crippen LogP contribution < -0.4 is 5.32 Å². The lowest BCUT2D eigenvalue weighted by molar-refractivity contribution is 0.0504. The van der Waals surface area contributed by atoms with Gasteiger partial charge in [-0.2, -0.15) is 0 Å². The number of ether oxygens (including phenoxy) is 1. The summed E-state index contributed by atoms with van der Waals surface area (Å²) in [6.45, 7) is 8.45. The van der Waals surface area contributed by atoms with Crippen LogP contribution in [0.15, 0.2) is 28.7 Å². The minimum absolute atomic E-state index is 0.303. The van der Waals surface area contributed by atoms with Crippen molar-refractivity contribution in [2.24, 2.45) is 5.92 Å². The molecular weight excluding hydrogens is 363 g/mol. The monoisotopic (exact) mass is 390 g/mol. The van der Waals surface area contributed by atoms with Gasteiger partial charge in [-0.05, 0) is 70.3 Å². The molecule has 0 saturated carbocycles. The number of hydrogen-bond acceptors (Lipinski definition) is 6. The fraction of sp³-hybridized carbons (Fsp3) is 0.550. The quantitative estimate of drug-likeness (QED) is 0.840. The molecule has 1 aromatic carbocycles. The van der Waals surface area contributed by atoms with E-state index in [0.717, 1.165) is 25.9 Å². The van der Waals surface area contributed by atoms with Gasteiger partial charge in [-0.3, -0.25) is 4.90 Å². The molecular formula is C20H27FN4O3. The molecule has 1 saturated heterocycles. The molecule has 1 atom stereocenters. The van der Waals surface area contributed by atoms with E-state index in [1.54, 1.807) is 12.1 Å². The lowest BCUT2D eigenvalue weighted by Crippen LogP contribution is -2.41. The predicted molar refractivity (Wildman–Crippen MR) is 102 cm³/mol. The zero-order valence-electron chi connectivity index (χ0n) is 16.6. The van der Waals surface area contributed by atoms with Crippen LogP contribution in [-0.2, 0) is 11.3 Å². The number of carbonyl (C=O) groups excluding carboxylic acids is 1. The molecule has 1 amide bonds. The number of nitrogens with zero attached hydrogens (tertiary/aromatic N) is 3. The van der Waals surface area contributed by atoms with Gasteiger partial charge >= 0.3 is 6.09 Å². The summed E-state index contributed by atoms with van der Waals surface area (Å²) in [6, 6.07) is 5.97. The van der Waals surface area contributed by atoms with E-state index in [1.165, 1.54) is 12.1 Å². The first kappa shape index (κ1) is 20.3. The summed E-state index contributed by atoms with van der Waals surface area (Å²) in [5.41, 5.74) is 0.196. The maximum absolute atomic E-state index is 13.0. The number of halogens is 1. The first-order chi connectivity index (χ1) is 13.3. The van der Waals surface area contributed by atoms with Gasteiger partial charge in [0.2, 0.25) is 11.8 Å². The van der Waals surface area contributed by atoms with Gasteiger partial charge in [-0.15, -0.1) is 10.2 Å². The van der Waals surface area contributed by atoms with Crippen molar-refractivity contribution >= 4 is 6.09 Å². The molecule has 0 aliphatic carbocycles. The Morgan fingerprint density at radius 1 is 1.32 bits per heavy atom. The van der Waals surface area contributed by atoms with Gasteiger partial charge in [0, 0.05) is 18.7 Å². The molecule has 0 bridgehead atoms. The van der Waals surface area contributed by atoms with E-state index in [9.17, 15) is 9.18 Å². The maximum Gasteiger partial charge on any atom is 0.407 e.